The number of tetrazole rings is 1. The second kappa shape index (κ2) is 9.46. The van der Waals surface area contributed by atoms with Gasteiger partial charge in [0, 0.05) is 38.3 Å². The maximum absolute atomic E-state index is 13.0. The van der Waals surface area contributed by atoms with Gasteiger partial charge in [0.2, 0.25) is 0 Å². The van der Waals surface area contributed by atoms with E-state index in [1.165, 1.54) is 0 Å². The van der Waals surface area contributed by atoms with Crippen LogP contribution in [0.15, 0.2) is 48.5 Å². The van der Waals surface area contributed by atoms with Crippen LogP contribution in [0.2, 0.25) is 0 Å². The predicted octanol–water partition coefficient (Wildman–Crippen LogP) is 2.24. The van der Waals surface area contributed by atoms with Crippen molar-refractivity contribution in [2.75, 3.05) is 38.2 Å². The van der Waals surface area contributed by atoms with Gasteiger partial charge in [0.1, 0.15) is 18.1 Å². The molecule has 9 nitrogen and oxygen atoms in total. The van der Waals surface area contributed by atoms with E-state index in [4.69, 9.17) is 9.47 Å². The minimum atomic E-state index is 0.00326. The third-order valence-corrected chi connectivity index (χ3v) is 5.35. The monoisotopic (exact) mass is 422 g/mol. The molecular weight excluding hydrogens is 396 g/mol. The Morgan fingerprint density at radius 2 is 1.87 bits per heavy atom. The summed E-state index contributed by atoms with van der Waals surface area (Å²) in [5, 5.41) is 11.5. The van der Waals surface area contributed by atoms with Crippen molar-refractivity contribution in [1.82, 2.24) is 25.1 Å². The number of hydrogen-bond acceptors (Lipinski definition) is 7. The van der Waals surface area contributed by atoms with Crippen LogP contribution in [0, 0.1) is 0 Å². The number of piperazine rings is 1. The lowest BCUT2D eigenvalue weighted by molar-refractivity contribution is 0.0746. The number of benzene rings is 2. The summed E-state index contributed by atoms with van der Waals surface area (Å²) in [5.41, 5.74) is 1.67. The van der Waals surface area contributed by atoms with Gasteiger partial charge in [-0.3, -0.25) is 4.79 Å². The highest BCUT2D eigenvalue weighted by Crippen LogP contribution is 2.28. The molecule has 1 aromatic heterocycles. The van der Waals surface area contributed by atoms with Crippen molar-refractivity contribution >= 4 is 11.6 Å². The standard InChI is InChI=1S/C22H26N6O3/c1-3-28-21(23-24-25-28)16-31-18-8-6-7-17(15-18)22(29)27-13-11-26(12-14-27)19-9-4-5-10-20(19)30-2/h4-10,15H,3,11-14,16H2,1-2H3. The first-order chi connectivity index (χ1) is 15.2. The van der Waals surface area contributed by atoms with Gasteiger partial charge in [0.15, 0.2) is 5.82 Å². The highest BCUT2D eigenvalue weighted by Gasteiger charge is 2.24. The smallest absolute Gasteiger partial charge is 0.254 e. The Hall–Kier alpha value is -3.62. The average molecular weight is 422 g/mol. The molecule has 9 heteroatoms. The molecule has 3 aromatic rings. The van der Waals surface area contributed by atoms with Gasteiger partial charge in [0.25, 0.3) is 5.91 Å². The first-order valence-corrected chi connectivity index (χ1v) is 10.3. The van der Waals surface area contributed by atoms with Crippen LogP contribution in [-0.4, -0.2) is 64.3 Å². The first kappa shape index (κ1) is 20.6. The second-order valence-electron chi connectivity index (χ2n) is 7.18. The molecule has 31 heavy (non-hydrogen) atoms. The highest BCUT2D eigenvalue weighted by molar-refractivity contribution is 5.94. The molecule has 1 amide bonds. The summed E-state index contributed by atoms with van der Waals surface area (Å²) < 4.78 is 13.0. The maximum Gasteiger partial charge on any atom is 0.254 e. The van der Waals surface area contributed by atoms with Crippen LogP contribution < -0.4 is 14.4 Å². The topological polar surface area (TPSA) is 85.6 Å². The van der Waals surface area contributed by atoms with Gasteiger partial charge in [-0.25, -0.2) is 4.68 Å². The molecule has 1 aliphatic rings. The summed E-state index contributed by atoms with van der Waals surface area (Å²) >= 11 is 0. The molecule has 0 spiro atoms. The van der Waals surface area contributed by atoms with Crippen LogP contribution in [0.5, 0.6) is 11.5 Å². The Bertz CT molecular complexity index is 1030. The number of methoxy groups -OCH3 is 1. The fourth-order valence-electron chi connectivity index (χ4n) is 3.66. The molecule has 0 aliphatic carbocycles. The molecule has 0 unspecified atom stereocenters. The van der Waals surface area contributed by atoms with Gasteiger partial charge in [-0.15, -0.1) is 5.10 Å². The van der Waals surface area contributed by atoms with Crippen LogP contribution >= 0.6 is 0 Å². The number of carbonyl (C=O) groups is 1. The number of hydrogen-bond donors (Lipinski definition) is 0. The zero-order valence-electron chi connectivity index (χ0n) is 17.8. The van der Waals surface area contributed by atoms with Crippen LogP contribution in [0.4, 0.5) is 5.69 Å². The molecule has 0 atom stereocenters. The molecule has 2 heterocycles. The van der Waals surface area contributed by atoms with Crippen molar-refractivity contribution in [2.45, 2.75) is 20.1 Å². The molecule has 1 aliphatic heterocycles. The van der Waals surface area contributed by atoms with Crippen LogP contribution in [0.1, 0.15) is 23.1 Å². The number of ether oxygens (including phenoxy) is 2. The number of nitrogens with zero attached hydrogens (tertiary/aromatic N) is 6. The van der Waals surface area contributed by atoms with Crippen LogP contribution in [0.25, 0.3) is 0 Å². The number of rotatable bonds is 7. The van der Waals surface area contributed by atoms with Crippen molar-refractivity contribution < 1.29 is 14.3 Å². The van der Waals surface area contributed by atoms with Crippen LogP contribution in [-0.2, 0) is 13.2 Å². The zero-order chi connectivity index (χ0) is 21.6. The quantitative estimate of drug-likeness (QED) is 0.577. The molecule has 0 bridgehead atoms. The van der Waals surface area contributed by atoms with Gasteiger partial charge >= 0.3 is 0 Å². The third kappa shape index (κ3) is 4.60. The van der Waals surface area contributed by atoms with E-state index in [9.17, 15) is 4.79 Å². The lowest BCUT2D eigenvalue weighted by Crippen LogP contribution is -2.48. The fourth-order valence-corrected chi connectivity index (χ4v) is 3.66. The molecule has 1 fully saturated rings. The van der Waals surface area contributed by atoms with Crippen LogP contribution in [0.3, 0.4) is 0 Å². The summed E-state index contributed by atoms with van der Waals surface area (Å²) in [6, 6.07) is 15.2. The molecule has 2 aromatic carbocycles. The minimum absolute atomic E-state index is 0.00326. The largest absolute Gasteiger partial charge is 0.495 e. The van der Waals surface area contributed by atoms with Gasteiger partial charge in [0.05, 0.1) is 12.8 Å². The van der Waals surface area contributed by atoms with Crippen molar-refractivity contribution in [3.8, 4) is 11.5 Å². The SMILES string of the molecule is CCn1nnnc1COc1cccc(C(=O)N2CCN(c3ccccc3OC)CC2)c1. The maximum atomic E-state index is 13.0. The number of para-hydroxylation sites is 2. The lowest BCUT2D eigenvalue weighted by atomic mass is 10.1. The number of anilines is 1. The van der Waals surface area contributed by atoms with E-state index in [2.05, 4.69) is 20.4 Å². The average Bonchev–Trinajstić information content (AvgIpc) is 3.30. The second-order valence-corrected chi connectivity index (χ2v) is 7.18. The number of aryl methyl sites for hydroxylation is 1. The lowest BCUT2D eigenvalue weighted by Gasteiger charge is -2.36. The Kier molecular flexibility index (Phi) is 6.30. The van der Waals surface area contributed by atoms with Gasteiger partial charge < -0.3 is 19.3 Å². The summed E-state index contributed by atoms with van der Waals surface area (Å²) in [7, 11) is 1.68. The third-order valence-electron chi connectivity index (χ3n) is 5.35. The normalized spacial score (nSPS) is 13.9. The van der Waals surface area contributed by atoms with Gasteiger partial charge in [-0.1, -0.05) is 18.2 Å². The predicted molar refractivity (Wildman–Crippen MR) is 115 cm³/mol. The molecule has 0 saturated carbocycles. The Labute approximate surface area is 181 Å². The Morgan fingerprint density at radius 3 is 2.65 bits per heavy atom. The van der Waals surface area contributed by atoms with E-state index in [0.29, 0.717) is 36.8 Å². The van der Waals surface area contributed by atoms with Crippen molar-refractivity contribution in [1.29, 1.82) is 0 Å². The zero-order valence-corrected chi connectivity index (χ0v) is 17.8. The van der Waals surface area contributed by atoms with Gasteiger partial charge in [-0.2, -0.15) is 0 Å². The summed E-state index contributed by atoms with van der Waals surface area (Å²) in [4.78, 5) is 17.2. The summed E-state index contributed by atoms with van der Waals surface area (Å²) in [6.45, 7) is 5.68. The van der Waals surface area contributed by atoms with E-state index in [-0.39, 0.29) is 12.5 Å². The molecule has 0 radical (unpaired) electrons. The first-order valence-electron chi connectivity index (χ1n) is 10.3. The fraction of sp³-hybridized carbons (Fsp3) is 0.364. The van der Waals surface area contributed by atoms with Crippen molar-refractivity contribution in [2.24, 2.45) is 0 Å². The highest BCUT2D eigenvalue weighted by atomic mass is 16.5. The molecule has 1 saturated heterocycles. The molecule has 4 rings (SSSR count). The number of aromatic nitrogens is 4. The molecule has 162 valence electrons. The van der Waals surface area contributed by atoms with E-state index in [0.717, 1.165) is 24.5 Å². The van der Waals surface area contributed by atoms with E-state index in [1.54, 1.807) is 17.9 Å². The van der Waals surface area contributed by atoms with Crippen molar-refractivity contribution in [3.05, 3.63) is 59.9 Å². The molecular formula is C22H26N6O3. The van der Waals surface area contributed by atoms with Gasteiger partial charge in [-0.05, 0) is 47.7 Å². The summed E-state index contributed by atoms with van der Waals surface area (Å²) in [5.74, 6) is 2.11. The van der Waals surface area contributed by atoms with E-state index >= 15 is 0 Å². The number of amides is 1. The minimum Gasteiger partial charge on any atom is -0.495 e. The van der Waals surface area contributed by atoms with E-state index < -0.39 is 0 Å². The number of carbonyl (C=O) groups excluding carboxylic acids is 1. The van der Waals surface area contributed by atoms with E-state index in [1.807, 2.05) is 54.3 Å². The Morgan fingerprint density at radius 1 is 1.06 bits per heavy atom. The Balaban J connectivity index is 1.37. The van der Waals surface area contributed by atoms with Crippen molar-refractivity contribution in [3.63, 3.8) is 0 Å². The molecule has 0 N–H and O–H groups in total. The summed E-state index contributed by atoms with van der Waals surface area (Å²) in [6.07, 6.45) is 0.